The van der Waals surface area contributed by atoms with Gasteiger partial charge in [-0.2, -0.15) is 5.26 Å². The van der Waals surface area contributed by atoms with Gasteiger partial charge in [-0.05, 0) is 49.4 Å². The van der Waals surface area contributed by atoms with E-state index in [1.807, 2.05) is 30.3 Å². The number of nitrogens with one attached hydrogen (secondary N) is 1. The summed E-state index contributed by atoms with van der Waals surface area (Å²) in [7, 11) is 0. The molecule has 3 rings (SSSR count). The van der Waals surface area contributed by atoms with E-state index in [0.29, 0.717) is 11.5 Å². The Hall–Kier alpha value is -2.84. The summed E-state index contributed by atoms with van der Waals surface area (Å²) in [5.41, 5.74) is 3.35. The molecule has 0 saturated heterocycles. The van der Waals surface area contributed by atoms with Gasteiger partial charge < -0.3 is 5.32 Å². The second-order valence-electron chi connectivity index (χ2n) is 6.44. The molecule has 0 fully saturated rings. The van der Waals surface area contributed by atoms with E-state index in [0.717, 1.165) is 11.1 Å². The first kappa shape index (κ1) is 18.0. The zero-order valence-electron chi connectivity index (χ0n) is 15.0. The van der Waals surface area contributed by atoms with Crippen molar-refractivity contribution >= 4 is 17.7 Å². The first-order chi connectivity index (χ1) is 12.5. The predicted molar refractivity (Wildman–Crippen MR) is 107 cm³/mol. The molecule has 1 N–H and O–H groups in total. The van der Waals surface area contributed by atoms with Gasteiger partial charge in [-0.15, -0.1) is 11.8 Å². The second-order valence-corrected chi connectivity index (χ2v) is 7.29. The Morgan fingerprint density at radius 1 is 1.00 bits per heavy atom. The van der Waals surface area contributed by atoms with Crippen LogP contribution < -0.4 is 5.32 Å². The van der Waals surface area contributed by atoms with Crippen molar-refractivity contribution < 1.29 is 0 Å². The van der Waals surface area contributed by atoms with Crippen LogP contribution in [0.25, 0.3) is 11.1 Å². The van der Waals surface area contributed by atoms with Crippen LogP contribution in [0.2, 0.25) is 0 Å². The lowest BCUT2D eigenvalue weighted by Gasteiger charge is -2.28. The van der Waals surface area contributed by atoms with E-state index in [-0.39, 0.29) is 5.54 Å². The summed E-state index contributed by atoms with van der Waals surface area (Å²) in [5, 5.41) is 12.5. The van der Waals surface area contributed by atoms with Gasteiger partial charge in [-0.25, -0.2) is 9.97 Å². The molecule has 0 saturated carbocycles. The van der Waals surface area contributed by atoms with Crippen molar-refractivity contribution in [3.63, 3.8) is 0 Å². The number of thioether (sulfide) groups is 1. The quantitative estimate of drug-likeness (QED) is 0.643. The van der Waals surface area contributed by atoms with Gasteiger partial charge in [-0.1, -0.05) is 30.3 Å². The zero-order chi connectivity index (χ0) is 18.6. The van der Waals surface area contributed by atoms with E-state index >= 15 is 0 Å². The SMILES string of the molecule is CSc1ccccc1C(C)(C)Nc1ncc(-c2cccc(C#N)c2)cn1. The van der Waals surface area contributed by atoms with Crippen LogP contribution in [-0.2, 0) is 5.54 Å². The van der Waals surface area contributed by atoms with Crippen LogP contribution in [0.15, 0.2) is 65.8 Å². The molecule has 2 aromatic carbocycles. The Morgan fingerprint density at radius 2 is 1.73 bits per heavy atom. The smallest absolute Gasteiger partial charge is 0.223 e. The third kappa shape index (κ3) is 3.87. The molecule has 0 atom stereocenters. The minimum absolute atomic E-state index is 0.304. The maximum Gasteiger partial charge on any atom is 0.223 e. The zero-order valence-corrected chi connectivity index (χ0v) is 15.8. The van der Waals surface area contributed by atoms with Crippen molar-refractivity contribution in [2.24, 2.45) is 0 Å². The Kier molecular flexibility index (Phi) is 5.24. The molecule has 0 aliphatic heterocycles. The first-order valence-corrected chi connectivity index (χ1v) is 9.50. The van der Waals surface area contributed by atoms with Crippen molar-refractivity contribution in [3.05, 3.63) is 72.1 Å². The Morgan fingerprint density at radius 3 is 2.42 bits per heavy atom. The Labute approximate surface area is 158 Å². The lowest BCUT2D eigenvalue weighted by Crippen LogP contribution is -2.29. The number of aromatic nitrogens is 2. The topological polar surface area (TPSA) is 61.6 Å². The lowest BCUT2D eigenvalue weighted by atomic mass is 9.94. The molecule has 1 heterocycles. The standard InChI is InChI=1S/C21H20N4S/c1-21(2,18-9-4-5-10-19(18)26-3)25-20-23-13-17(14-24-20)16-8-6-7-15(11-16)12-22/h4-11,13-14H,1-3H3,(H,23,24,25). The average Bonchev–Trinajstić information content (AvgIpc) is 2.68. The summed E-state index contributed by atoms with van der Waals surface area (Å²) in [5.74, 6) is 0.575. The fraction of sp³-hybridized carbons (Fsp3) is 0.190. The van der Waals surface area contributed by atoms with Crippen molar-refractivity contribution in [3.8, 4) is 17.2 Å². The van der Waals surface area contributed by atoms with Crippen LogP contribution in [-0.4, -0.2) is 16.2 Å². The van der Waals surface area contributed by atoms with Gasteiger partial charge in [0, 0.05) is 22.9 Å². The Balaban J connectivity index is 1.84. The number of rotatable bonds is 5. The summed E-state index contributed by atoms with van der Waals surface area (Å²) in [6.07, 6.45) is 5.64. The molecule has 0 radical (unpaired) electrons. The van der Waals surface area contributed by atoms with Gasteiger partial charge in [0.2, 0.25) is 5.95 Å². The molecule has 26 heavy (non-hydrogen) atoms. The Bertz CT molecular complexity index is 943. The van der Waals surface area contributed by atoms with Gasteiger partial charge in [0.25, 0.3) is 0 Å². The number of hydrogen-bond donors (Lipinski definition) is 1. The van der Waals surface area contributed by atoms with E-state index in [2.05, 4.69) is 53.6 Å². The van der Waals surface area contributed by atoms with Crippen LogP contribution in [0.4, 0.5) is 5.95 Å². The molecule has 0 unspecified atom stereocenters. The van der Waals surface area contributed by atoms with Crippen LogP contribution >= 0.6 is 11.8 Å². The predicted octanol–water partition coefficient (Wildman–Crippen LogP) is 5.08. The highest BCUT2D eigenvalue weighted by Crippen LogP contribution is 2.32. The van der Waals surface area contributed by atoms with Crippen LogP contribution in [0.5, 0.6) is 0 Å². The molecule has 3 aromatic rings. The number of hydrogen-bond acceptors (Lipinski definition) is 5. The molecular formula is C21H20N4S. The van der Waals surface area contributed by atoms with E-state index in [1.54, 1.807) is 30.2 Å². The summed E-state index contributed by atoms with van der Waals surface area (Å²) >= 11 is 1.73. The van der Waals surface area contributed by atoms with E-state index in [1.165, 1.54) is 10.5 Å². The second kappa shape index (κ2) is 7.59. The number of nitrogens with zero attached hydrogens (tertiary/aromatic N) is 3. The van der Waals surface area contributed by atoms with E-state index in [9.17, 15) is 0 Å². The van der Waals surface area contributed by atoms with Gasteiger partial charge in [-0.3, -0.25) is 0 Å². The third-order valence-corrected chi connectivity index (χ3v) is 4.98. The highest BCUT2D eigenvalue weighted by molar-refractivity contribution is 7.98. The van der Waals surface area contributed by atoms with Gasteiger partial charge in [0.1, 0.15) is 0 Å². The highest BCUT2D eigenvalue weighted by Gasteiger charge is 2.24. The van der Waals surface area contributed by atoms with Gasteiger partial charge >= 0.3 is 0 Å². The summed E-state index contributed by atoms with van der Waals surface area (Å²) in [6.45, 7) is 4.24. The molecule has 0 amide bonds. The molecule has 5 heteroatoms. The van der Waals surface area contributed by atoms with Crippen LogP contribution in [0.1, 0.15) is 25.0 Å². The molecule has 0 bridgehead atoms. The van der Waals surface area contributed by atoms with E-state index < -0.39 is 0 Å². The summed E-state index contributed by atoms with van der Waals surface area (Å²) < 4.78 is 0. The number of nitriles is 1. The average molecular weight is 360 g/mol. The van der Waals surface area contributed by atoms with Crippen molar-refractivity contribution in [1.82, 2.24) is 9.97 Å². The number of benzene rings is 2. The van der Waals surface area contributed by atoms with E-state index in [4.69, 9.17) is 5.26 Å². The maximum atomic E-state index is 9.04. The lowest BCUT2D eigenvalue weighted by molar-refractivity contribution is 0.589. The molecular weight excluding hydrogens is 340 g/mol. The largest absolute Gasteiger partial charge is 0.345 e. The van der Waals surface area contributed by atoms with Crippen molar-refractivity contribution in [1.29, 1.82) is 5.26 Å². The first-order valence-electron chi connectivity index (χ1n) is 8.28. The van der Waals surface area contributed by atoms with Crippen LogP contribution in [0, 0.1) is 11.3 Å². The molecule has 4 nitrogen and oxygen atoms in total. The monoisotopic (exact) mass is 360 g/mol. The number of anilines is 1. The summed E-state index contributed by atoms with van der Waals surface area (Å²) in [6, 6.07) is 17.9. The highest BCUT2D eigenvalue weighted by atomic mass is 32.2. The van der Waals surface area contributed by atoms with Crippen molar-refractivity contribution in [2.75, 3.05) is 11.6 Å². The minimum Gasteiger partial charge on any atom is -0.345 e. The molecule has 130 valence electrons. The fourth-order valence-corrected chi connectivity index (χ4v) is 3.58. The maximum absolute atomic E-state index is 9.04. The normalized spacial score (nSPS) is 11.0. The van der Waals surface area contributed by atoms with Gasteiger partial charge in [0.15, 0.2) is 0 Å². The molecule has 1 aromatic heterocycles. The molecule has 0 aliphatic rings. The third-order valence-electron chi connectivity index (χ3n) is 4.18. The van der Waals surface area contributed by atoms with Crippen LogP contribution in [0.3, 0.4) is 0 Å². The minimum atomic E-state index is -0.304. The molecule has 0 spiro atoms. The fourth-order valence-electron chi connectivity index (χ4n) is 2.82. The summed E-state index contributed by atoms with van der Waals surface area (Å²) in [4.78, 5) is 10.2. The van der Waals surface area contributed by atoms with Gasteiger partial charge in [0.05, 0.1) is 17.2 Å². The molecule has 0 aliphatic carbocycles. The van der Waals surface area contributed by atoms with Crippen molar-refractivity contribution in [2.45, 2.75) is 24.3 Å².